The number of piperidine rings is 1. The van der Waals surface area contributed by atoms with Gasteiger partial charge >= 0.3 is 0 Å². The van der Waals surface area contributed by atoms with E-state index >= 15 is 0 Å². The molecule has 0 aliphatic carbocycles. The zero-order valence-corrected chi connectivity index (χ0v) is 16.5. The van der Waals surface area contributed by atoms with Crippen LogP contribution in [0.4, 0.5) is 5.13 Å². The van der Waals surface area contributed by atoms with Crippen molar-refractivity contribution < 1.29 is 4.79 Å². The Bertz CT molecular complexity index is 1160. The smallest absolute Gasteiger partial charge is 0.274 e. The second kappa shape index (κ2) is 6.97. The van der Waals surface area contributed by atoms with Gasteiger partial charge in [0.05, 0.1) is 11.9 Å². The Morgan fingerprint density at radius 3 is 2.62 bits per heavy atom. The quantitative estimate of drug-likeness (QED) is 0.567. The molecule has 4 aromatic rings. The predicted octanol–water partition coefficient (Wildman–Crippen LogP) is 2.99. The topological polar surface area (TPSA) is 89.4 Å². The van der Waals surface area contributed by atoms with Gasteiger partial charge in [0.2, 0.25) is 0 Å². The van der Waals surface area contributed by atoms with Crippen molar-refractivity contribution in [2.45, 2.75) is 18.3 Å². The number of aromatic nitrogens is 4. The summed E-state index contributed by atoms with van der Waals surface area (Å²) < 4.78 is 1.60. The minimum absolute atomic E-state index is 0.0457. The van der Waals surface area contributed by atoms with Crippen molar-refractivity contribution in [1.82, 2.24) is 24.5 Å². The largest absolute Gasteiger partial charge is 0.375 e. The number of rotatable bonds is 3. The molecule has 5 rings (SSSR count). The van der Waals surface area contributed by atoms with Crippen LogP contribution in [0.2, 0.25) is 0 Å². The molecule has 29 heavy (non-hydrogen) atoms. The number of hydrogen-bond acceptors (Lipinski definition) is 6. The first-order chi connectivity index (χ1) is 14.2. The van der Waals surface area contributed by atoms with Crippen LogP contribution in [-0.2, 0) is 5.41 Å². The molecule has 1 fully saturated rings. The molecule has 1 aliphatic heterocycles. The van der Waals surface area contributed by atoms with Crippen LogP contribution in [0.3, 0.4) is 0 Å². The summed E-state index contributed by atoms with van der Waals surface area (Å²) in [5.41, 5.74) is 9.08. The summed E-state index contributed by atoms with van der Waals surface area (Å²) in [4.78, 5) is 23.9. The molecule has 1 saturated heterocycles. The lowest BCUT2D eigenvalue weighted by Crippen LogP contribution is -2.46. The molecule has 7 nitrogen and oxygen atoms in total. The zero-order chi connectivity index (χ0) is 19.8. The van der Waals surface area contributed by atoms with E-state index in [1.165, 1.54) is 16.9 Å². The molecule has 0 bridgehead atoms. The molecule has 146 valence electrons. The van der Waals surface area contributed by atoms with E-state index in [1.807, 2.05) is 28.5 Å². The van der Waals surface area contributed by atoms with Gasteiger partial charge < -0.3 is 10.6 Å². The van der Waals surface area contributed by atoms with Gasteiger partial charge in [0.15, 0.2) is 16.5 Å². The number of nitrogens with zero attached hydrogens (tertiary/aromatic N) is 5. The fourth-order valence-electron chi connectivity index (χ4n) is 4.19. The van der Waals surface area contributed by atoms with E-state index in [0.29, 0.717) is 29.6 Å². The van der Waals surface area contributed by atoms with Gasteiger partial charge in [-0.15, -0.1) is 11.3 Å². The lowest BCUT2D eigenvalue weighted by Gasteiger charge is -2.41. The van der Waals surface area contributed by atoms with Crippen molar-refractivity contribution in [1.29, 1.82) is 0 Å². The highest BCUT2D eigenvalue weighted by Crippen LogP contribution is 2.42. The molecule has 1 amide bonds. The fraction of sp³-hybridized carbons (Fsp3) is 0.238. The SMILES string of the molecule is Nc1nc(C2(c3ccccc3)CCN(C(=O)c3cnc4cccnn34)CC2)cs1. The first-order valence-electron chi connectivity index (χ1n) is 9.52. The van der Waals surface area contributed by atoms with Gasteiger partial charge in [0.1, 0.15) is 0 Å². The summed E-state index contributed by atoms with van der Waals surface area (Å²) in [7, 11) is 0. The highest BCUT2D eigenvalue weighted by molar-refractivity contribution is 7.13. The number of nitrogen functional groups attached to an aromatic ring is 1. The Balaban J connectivity index is 1.44. The van der Waals surface area contributed by atoms with Crippen LogP contribution >= 0.6 is 11.3 Å². The number of nitrogens with two attached hydrogens (primary N) is 1. The minimum Gasteiger partial charge on any atom is -0.375 e. The number of anilines is 1. The van der Waals surface area contributed by atoms with Crippen molar-refractivity contribution in [3.05, 3.63) is 77.2 Å². The first-order valence-corrected chi connectivity index (χ1v) is 10.4. The lowest BCUT2D eigenvalue weighted by atomic mass is 9.70. The molecule has 3 aromatic heterocycles. The Hall–Kier alpha value is -3.26. The standard InChI is InChI=1S/C21H20N6OS/c22-20-25-17(14-29-20)21(15-5-2-1-3-6-15)8-11-26(12-9-21)19(28)16-13-23-18-7-4-10-24-27(16)18/h1-7,10,13-14H,8-9,11-12H2,(H2,22,25). The summed E-state index contributed by atoms with van der Waals surface area (Å²) in [5.74, 6) is -0.0457. The van der Waals surface area contributed by atoms with Gasteiger partial charge in [-0.2, -0.15) is 5.10 Å². The van der Waals surface area contributed by atoms with Crippen molar-refractivity contribution in [2.24, 2.45) is 0 Å². The number of fused-ring (bicyclic) bond motifs is 1. The second-order valence-corrected chi connectivity index (χ2v) is 8.14. The molecule has 0 radical (unpaired) electrons. The maximum absolute atomic E-state index is 13.2. The number of thiazole rings is 1. The number of carbonyl (C=O) groups excluding carboxylic acids is 1. The lowest BCUT2D eigenvalue weighted by molar-refractivity contribution is 0.0676. The maximum atomic E-state index is 13.2. The summed E-state index contributed by atoms with van der Waals surface area (Å²) >= 11 is 1.46. The van der Waals surface area contributed by atoms with Crippen LogP contribution in [0.25, 0.3) is 5.65 Å². The van der Waals surface area contributed by atoms with Crippen LogP contribution in [0, 0.1) is 0 Å². The van der Waals surface area contributed by atoms with E-state index in [4.69, 9.17) is 5.73 Å². The van der Waals surface area contributed by atoms with Crippen molar-refractivity contribution in [2.75, 3.05) is 18.8 Å². The average Bonchev–Trinajstić information content (AvgIpc) is 3.40. The number of hydrogen-bond donors (Lipinski definition) is 1. The second-order valence-electron chi connectivity index (χ2n) is 7.25. The molecule has 0 spiro atoms. The predicted molar refractivity (Wildman–Crippen MR) is 112 cm³/mol. The summed E-state index contributed by atoms with van der Waals surface area (Å²) in [5, 5.41) is 6.89. The van der Waals surface area contributed by atoms with Crippen molar-refractivity contribution in [3.63, 3.8) is 0 Å². The third-order valence-corrected chi connectivity index (χ3v) is 6.41. The third-order valence-electron chi connectivity index (χ3n) is 5.74. The number of imidazole rings is 1. The van der Waals surface area contributed by atoms with Crippen LogP contribution in [-0.4, -0.2) is 43.5 Å². The summed E-state index contributed by atoms with van der Waals surface area (Å²) in [6.45, 7) is 1.26. The van der Waals surface area contributed by atoms with E-state index in [1.54, 1.807) is 16.9 Å². The Labute approximate surface area is 171 Å². The van der Waals surface area contributed by atoms with Gasteiger partial charge in [-0.25, -0.2) is 14.5 Å². The number of carbonyl (C=O) groups is 1. The molecule has 0 saturated carbocycles. The molecular formula is C21H20N6OS. The molecule has 1 aliphatic rings. The van der Waals surface area contributed by atoms with E-state index in [9.17, 15) is 4.79 Å². The van der Waals surface area contributed by atoms with E-state index in [-0.39, 0.29) is 11.3 Å². The maximum Gasteiger partial charge on any atom is 0.274 e. The molecule has 4 heterocycles. The Morgan fingerprint density at radius 1 is 1.10 bits per heavy atom. The van der Waals surface area contributed by atoms with Gasteiger partial charge in [0.25, 0.3) is 5.91 Å². The molecule has 2 N–H and O–H groups in total. The molecule has 8 heteroatoms. The van der Waals surface area contributed by atoms with Crippen LogP contribution in [0.5, 0.6) is 0 Å². The van der Waals surface area contributed by atoms with Gasteiger partial charge in [0, 0.05) is 30.1 Å². The first kappa shape index (κ1) is 17.8. The van der Waals surface area contributed by atoms with Crippen LogP contribution in [0.15, 0.2) is 60.2 Å². The molecule has 0 atom stereocenters. The summed E-state index contributed by atoms with van der Waals surface area (Å²) in [6, 6.07) is 14.0. The molecule has 1 aromatic carbocycles. The zero-order valence-electron chi connectivity index (χ0n) is 15.7. The molecule has 0 unspecified atom stereocenters. The van der Waals surface area contributed by atoms with E-state index in [0.717, 1.165) is 18.5 Å². The number of benzene rings is 1. The van der Waals surface area contributed by atoms with Gasteiger partial charge in [-0.05, 0) is 30.5 Å². The summed E-state index contributed by atoms with van der Waals surface area (Å²) in [6.07, 6.45) is 4.84. The van der Waals surface area contributed by atoms with Crippen LogP contribution in [0.1, 0.15) is 34.6 Å². The highest BCUT2D eigenvalue weighted by Gasteiger charge is 2.41. The number of amides is 1. The van der Waals surface area contributed by atoms with E-state index in [2.05, 4.69) is 39.3 Å². The normalized spacial score (nSPS) is 16.2. The van der Waals surface area contributed by atoms with Crippen molar-refractivity contribution in [3.8, 4) is 0 Å². The third kappa shape index (κ3) is 2.96. The monoisotopic (exact) mass is 404 g/mol. The van der Waals surface area contributed by atoms with Gasteiger partial charge in [-0.1, -0.05) is 30.3 Å². The Morgan fingerprint density at radius 2 is 1.90 bits per heavy atom. The van der Waals surface area contributed by atoms with E-state index < -0.39 is 0 Å². The van der Waals surface area contributed by atoms with Crippen molar-refractivity contribution >= 4 is 28.0 Å². The minimum atomic E-state index is -0.232. The molecular weight excluding hydrogens is 384 g/mol. The van der Waals surface area contributed by atoms with Gasteiger partial charge in [-0.3, -0.25) is 4.79 Å². The Kier molecular flexibility index (Phi) is 4.28. The fourth-order valence-corrected chi connectivity index (χ4v) is 4.85. The van der Waals surface area contributed by atoms with Crippen LogP contribution < -0.4 is 5.73 Å². The highest BCUT2D eigenvalue weighted by atomic mass is 32.1. The number of likely N-dealkylation sites (tertiary alicyclic amines) is 1. The average molecular weight is 404 g/mol.